The summed E-state index contributed by atoms with van der Waals surface area (Å²) >= 11 is 0. The highest BCUT2D eigenvalue weighted by Gasteiger charge is 2.27. The minimum Gasteiger partial charge on any atom is -0.468 e. The van der Waals surface area contributed by atoms with E-state index in [0.717, 1.165) is 31.9 Å². The summed E-state index contributed by atoms with van der Waals surface area (Å²) in [5, 5.41) is 3.09. The third kappa shape index (κ3) is 4.88. The number of piperazine rings is 1. The first-order valence-corrected chi connectivity index (χ1v) is 9.47. The van der Waals surface area contributed by atoms with Crippen LogP contribution in [0.3, 0.4) is 0 Å². The van der Waals surface area contributed by atoms with E-state index >= 15 is 0 Å². The molecule has 1 fully saturated rings. The Kier molecular flexibility index (Phi) is 6.34. The third-order valence-corrected chi connectivity index (χ3v) is 4.83. The van der Waals surface area contributed by atoms with Gasteiger partial charge in [-0.25, -0.2) is 0 Å². The molecule has 0 bridgehead atoms. The first kappa shape index (κ1) is 18.5. The molecule has 1 saturated heterocycles. The second kappa shape index (κ2) is 8.90. The van der Waals surface area contributed by atoms with Gasteiger partial charge >= 0.3 is 0 Å². The Labute approximate surface area is 156 Å². The van der Waals surface area contributed by atoms with Gasteiger partial charge in [-0.05, 0) is 30.2 Å². The van der Waals surface area contributed by atoms with Gasteiger partial charge in [-0.3, -0.25) is 9.69 Å². The van der Waals surface area contributed by atoms with Crippen molar-refractivity contribution < 1.29 is 9.21 Å². The lowest BCUT2D eigenvalue weighted by Crippen LogP contribution is -2.49. The molecule has 0 radical (unpaired) electrons. The Morgan fingerprint density at radius 2 is 1.81 bits per heavy atom. The lowest BCUT2D eigenvalue weighted by Gasteiger charge is -2.39. The van der Waals surface area contributed by atoms with Crippen LogP contribution in [0.1, 0.15) is 32.1 Å². The zero-order chi connectivity index (χ0) is 18.4. The minimum absolute atomic E-state index is 0.0824. The molecule has 0 spiro atoms. The van der Waals surface area contributed by atoms with Crippen molar-refractivity contribution in [3.63, 3.8) is 0 Å². The predicted octanol–water partition coefficient (Wildman–Crippen LogP) is 3.31. The molecule has 1 aromatic heterocycles. The molecule has 5 heteroatoms. The number of hydrogen-bond donors (Lipinski definition) is 1. The van der Waals surface area contributed by atoms with E-state index in [1.54, 1.807) is 6.26 Å². The van der Waals surface area contributed by atoms with Gasteiger partial charge in [0.1, 0.15) is 5.76 Å². The summed E-state index contributed by atoms with van der Waals surface area (Å²) in [6.45, 7) is 8.55. The molecule has 2 aromatic rings. The molecule has 1 aromatic carbocycles. The molecule has 0 saturated carbocycles. The predicted molar refractivity (Wildman–Crippen MR) is 104 cm³/mol. The van der Waals surface area contributed by atoms with E-state index in [-0.39, 0.29) is 11.9 Å². The second-order valence-corrected chi connectivity index (χ2v) is 7.29. The van der Waals surface area contributed by atoms with E-state index in [2.05, 4.69) is 53.2 Å². The molecule has 140 valence electrons. The number of furan rings is 1. The largest absolute Gasteiger partial charge is 0.468 e. The van der Waals surface area contributed by atoms with E-state index < -0.39 is 0 Å². The van der Waals surface area contributed by atoms with Crippen LogP contribution in [-0.2, 0) is 4.79 Å². The summed E-state index contributed by atoms with van der Waals surface area (Å²) in [6, 6.07) is 14.5. The number of carbonyl (C=O) groups excluding carboxylic acids is 1. The number of para-hydroxylation sites is 1. The lowest BCUT2D eigenvalue weighted by molar-refractivity contribution is -0.122. The highest BCUT2D eigenvalue weighted by Crippen LogP contribution is 2.24. The summed E-state index contributed by atoms with van der Waals surface area (Å²) in [6.07, 6.45) is 2.27. The fraction of sp³-hybridized carbons (Fsp3) is 0.476. The second-order valence-electron chi connectivity index (χ2n) is 7.29. The number of benzene rings is 1. The first-order chi connectivity index (χ1) is 12.6. The van der Waals surface area contributed by atoms with Crippen molar-refractivity contribution in [3.8, 4) is 0 Å². The first-order valence-electron chi connectivity index (χ1n) is 9.47. The van der Waals surface area contributed by atoms with Crippen LogP contribution in [0.4, 0.5) is 5.69 Å². The van der Waals surface area contributed by atoms with Crippen molar-refractivity contribution in [1.29, 1.82) is 0 Å². The van der Waals surface area contributed by atoms with Gasteiger partial charge in [-0.1, -0.05) is 32.0 Å². The third-order valence-electron chi connectivity index (χ3n) is 4.83. The summed E-state index contributed by atoms with van der Waals surface area (Å²) in [5.74, 6) is 1.40. The van der Waals surface area contributed by atoms with Gasteiger partial charge in [0.2, 0.25) is 5.91 Å². The Hall–Kier alpha value is -2.27. The molecule has 5 nitrogen and oxygen atoms in total. The maximum atomic E-state index is 12.1. The number of amides is 1. The van der Waals surface area contributed by atoms with E-state index in [1.165, 1.54) is 5.69 Å². The Morgan fingerprint density at radius 3 is 2.42 bits per heavy atom. The number of nitrogens with one attached hydrogen (secondary N) is 1. The molecule has 26 heavy (non-hydrogen) atoms. The van der Waals surface area contributed by atoms with E-state index in [0.29, 0.717) is 18.9 Å². The number of carbonyl (C=O) groups is 1. The fourth-order valence-corrected chi connectivity index (χ4v) is 3.47. The Balaban J connectivity index is 1.60. The molecule has 0 unspecified atom stereocenters. The van der Waals surface area contributed by atoms with Gasteiger partial charge in [-0.15, -0.1) is 0 Å². The molecule has 1 amide bonds. The van der Waals surface area contributed by atoms with Crippen molar-refractivity contribution in [2.24, 2.45) is 5.92 Å². The lowest BCUT2D eigenvalue weighted by atomic mass is 10.1. The number of anilines is 1. The van der Waals surface area contributed by atoms with Crippen LogP contribution in [0.15, 0.2) is 53.1 Å². The number of nitrogens with zero attached hydrogens (tertiary/aromatic N) is 2. The van der Waals surface area contributed by atoms with Gasteiger partial charge in [0.15, 0.2) is 0 Å². The van der Waals surface area contributed by atoms with Crippen molar-refractivity contribution >= 4 is 11.6 Å². The minimum atomic E-state index is 0.0824. The van der Waals surface area contributed by atoms with Crippen molar-refractivity contribution in [3.05, 3.63) is 54.5 Å². The SMILES string of the molecule is CC(C)CC(=O)NC[C@H](c1ccco1)N1CCN(c2ccccc2)CC1. The molecule has 1 aliphatic heterocycles. The summed E-state index contributed by atoms with van der Waals surface area (Å²) in [4.78, 5) is 16.9. The topological polar surface area (TPSA) is 48.7 Å². The number of hydrogen-bond acceptors (Lipinski definition) is 4. The average molecular weight is 355 g/mol. The number of rotatable bonds is 7. The quantitative estimate of drug-likeness (QED) is 0.828. The highest BCUT2D eigenvalue weighted by atomic mass is 16.3. The van der Waals surface area contributed by atoms with Crippen molar-refractivity contribution in [1.82, 2.24) is 10.2 Å². The van der Waals surface area contributed by atoms with Gasteiger partial charge in [-0.2, -0.15) is 0 Å². The highest BCUT2D eigenvalue weighted by molar-refractivity contribution is 5.76. The van der Waals surface area contributed by atoms with Crippen LogP contribution in [0.2, 0.25) is 0 Å². The van der Waals surface area contributed by atoms with Crippen LogP contribution in [-0.4, -0.2) is 43.5 Å². The van der Waals surface area contributed by atoms with Crippen LogP contribution in [0.5, 0.6) is 0 Å². The van der Waals surface area contributed by atoms with Gasteiger partial charge in [0.25, 0.3) is 0 Å². The molecular weight excluding hydrogens is 326 g/mol. The molecule has 2 heterocycles. The maximum absolute atomic E-state index is 12.1. The smallest absolute Gasteiger partial charge is 0.220 e. The summed E-state index contributed by atoms with van der Waals surface area (Å²) in [5.41, 5.74) is 1.27. The molecule has 3 rings (SSSR count). The van der Waals surface area contributed by atoms with Gasteiger partial charge in [0, 0.05) is 44.8 Å². The van der Waals surface area contributed by atoms with Crippen LogP contribution in [0, 0.1) is 5.92 Å². The Bertz CT molecular complexity index is 662. The molecular formula is C21H29N3O2. The van der Waals surface area contributed by atoms with E-state index in [1.807, 2.05) is 18.2 Å². The zero-order valence-electron chi connectivity index (χ0n) is 15.7. The maximum Gasteiger partial charge on any atom is 0.220 e. The van der Waals surface area contributed by atoms with Crippen molar-refractivity contribution in [2.45, 2.75) is 26.3 Å². The standard InChI is InChI=1S/C21H29N3O2/c1-17(2)15-21(25)22-16-19(20-9-6-14-26-20)24-12-10-23(11-13-24)18-7-4-3-5-8-18/h3-9,14,17,19H,10-13,15-16H2,1-2H3,(H,22,25)/t19-/m1/s1. The van der Waals surface area contributed by atoms with Gasteiger partial charge in [0.05, 0.1) is 12.3 Å². The van der Waals surface area contributed by atoms with Crippen LogP contribution in [0.25, 0.3) is 0 Å². The monoisotopic (exact) mass is 355 g/mol. The fourth-order valence-electron chi connectivity index (χ4n) is 3.47. The van der Waals surface area contributed by atoms with Crippen LogP contribution >= 0.6 is 0 Å². The van der Waals surface area contributed by atoms with Crippen LogP contribution < -0.4 is 10.2 Å². The zero-order valence-corrected chi connectivity index (χ0v) is 15.7. The van der Waals surface area contributed by atoms with Crippen molar-refractivity contribution in [2.75, 3.05) is 37.6 Å². The summed E-state index contributed by atoms with van der Waals surface area (Å²) < 4.78 is 5.67. The van der Waals surface area contributed by atoms with E-state index in [9.17, 15) is 4.79 Å². The molecule has 0 aliphatic carbocycles. The Morgan fingerprint density at radius 1 is 1.08 bits per heavy atom. The molecule has 1 aliphatic rings. The normalized spacial score (nSPS) is 16.7. The van der Waals surface area contributed by atoms with Gasteiger partial charge < -0.3 is 14.6 Å². The average Bonchev–Trinajstić information content (AvgIpc) is 3.17. The molecule has 1 atom stereocenters. The summed E-state index contributed by atoms with van der Waals surface area (Å²) in [7, 11) is 0. The molecule has 1 N–H and O–H groups in total. The van der Waals surface area contributed by atoms with E-state index in [4.69, 9.17) is 4.42 Å².